The van der Waals surface area contributed by atoms with Crippen LogP contribution in [0.3, 0.4) is 0 Å². The largest absolute Gasteiger partial charge is 0.469 e. The molecule has 124 valence electrons. The predicted octanol–water partition coefficient (Wildman–Crippen LogP) is 3.20. The van der Waals surface area contributed by atoms with E-state index in [-0.39, 0.29) is 24.0 Å². The second-order valence-electron chi connectivity index (χ2n) is 6.43. The molecule has 3 rings (SSSR count). The van der Waals surface area contributed by atoms with Crippen molar-refractivity contribution < 1.29 is 14.3 Å². The number of nitrogens with one attached hydrogen (secondary N) is 1. The van der Waals surface area contributed by atoms with Crippen LogP contribution in [0.2, 0.25) is 0 Å². The van der Waals surface area contributed by atoms with Crippen molar-refractivity contribution in [2.75, 3.05) is 18.6 Å². The highest BCUT2D eigenvalue weighted by Gasteiger charge is 2.34. The fourth-order valence-corrected chi connectivity index (χ4v) is 3.65. The van der Waals surface area contributed by atoms with Gasteiger partial charge in [-0.25, -0.2) is 4.79 Å². The summed E-state index contributed by atoms with van der Waals surface area (Å²) in [4.78, 5) is 26.1. The smallest absolute Gasteiger partial charge is 0.322 e. The van der Waals surface area contributed by atoms with Gasteiger partial charge in [0.1, 0.15) is 0 Å². The summed E-state index contributed by atoms with van der Waals surface area (Å²) >= 11 is 0. The second kappa shape index (κ2) is 7.02. The highest BCUT2D eigenvalue weighted by molar-refractivity contribution is 5.95. The number of nitrogens with zero attached hydrogens (tertiary/aromatic N) is 1. The third-order valence-electron chi connectivity index (χ3n) is 4.89. The normalized spacial score (nSPS) is 20.9. The zero-order valence-corrected chi connectivity index (χ0v) is 13.6. The van der Waals surface area contributed by atoms with Gasteiger partial charge >= 0.3 is 12.0 Å². The van der Waals surface area contributed by atoms with Crippen LogP contribution in [0.5, 0.6) is 0 Å². The molecule has 0 bridgehead atoms. The molecule has 1 heterocycles. The Bertz CT molecular complexity index is 581. The average Bonchev–Trinajstić information content (AvgIpc) is 2.94. The number of rotatable bonds is 3. The monoisotopic (exact) mass is 316 g/mol. The number of benzene rings is 1. The molecule has 2 aliphatic rings. The number of ether oxygens (including phenoxy) is 1. The van der Waals surface area contributed by atoms with Crippen LogP contribution in [-0.4, -0.2) is 31.7 Å². The van der Waals surface area contributed by atoms with Gasteiger partial charge in [0, 0.05) is 24.2 Å². The third-order valence-corrected chi connectivity index (χ3v) is 4.89. The van der Waals surface area contributed by atoms with Crippen molar-refractivity contribution in [2.24, 2.45) is 0 Å². The van der Waals surface area contributed by atoms with Crippen LogP contribution in [0.15, 0.2) is 24.3 Å². The van der Waals surface area contributed by atoms with Gasteiger partial charge in [0.2, 0.25) is 0 Å². The minimum atomic E-state index is -0.237. The molecule has 0 aromatic heterocycles. The fraction of sp³-hybridized carbons (Fsp3) is 0.556. The van der Waals surface area contributed by atoms with Gasteiger partial charge in [-0.1, -0.05) is 37.5 Å². The van der Waals surface area contributed by atoms with Gasteiger partial charge in [-0.3, -0.25) is 9.69 Å². The molecule has 1 aliphatic heterocycles. The molecule has 0 spiro atoms. The van der Waals surface area contributed by atoms with E-state index in [4.69, 9.17) is 4.74 Å². The SMILES string of the molecule is COC(=O)CC1CN(C(=O)NC2CCCCC2)c2ccccc21. The van der Waals surface area contributed by atoms with Gasteiger partial charge in [-0.2, -0.15) is 0 Å². The lowest BCUT2D eigenvalue weighted by atomic mass is 9.96. The van der Waals surface area contributed by atoms with E-state index in [0.717, 1.165) is 24.1 Å². The van der Waals surface area contributed by atoms with Crippen LogP contribution in [0.25, 0.3) is 0 Å². The number of fused-ring (bicyclic) bond motifs is 1. The molecule has 0 radical (unpaired) electrons. The lowest BCUT2D eigenvalue weighted by molar-refractivity contribution is -0.141. The molecule has 0 saturated heterocycles. The zero-order chi connectivity index (χ0) is 16.2. The lowest BCUT2D eigenvalue weighted by Gasteiger charge is -2.26. The molecule has 1 saturated carbocycles. The van der Waals surface area contributed by atoms with Gasteiger partial charge in [0.15, 0.2) is 0 Å². The maximum atomic E-state index is 12.7. The van der Waals surface area contributed by atoms with Crippen LogP contribution in [0, 0.1) is 0 Å². The Kier molecular flexibility index (Phi) is 4.84. The number of hydrogen-bond donors (Lipinski definition) is 1. The average molecular weight is 316 g/mol. The molecule has 1 fully saturated rings. The molecule has 2 amide bonds. The Morgan fingerprint density at radius 3 is 2.70 bits per heavy atom. The Morgan fingerprint density at radius 2 is 1.96 bits per heavy atom. The van der Waals surface area contributed by atoms with Gasteiger partial charge in [-0.05, 0) is 24.5 Å². The summed E-state index contributed by atoms with van der Waals surface area (Å²) in [6.07, 6.45) is 6.07. The van der Waals surface area contributed by atoms with Crippen molar-refractivity contribution >= 4 is 17.7 Å². The first-order valence-corrected chi connectivity index (χ1v) is 8.43. The topological polar surface area (TPSA) is 58.6 Å². The van der Waals surface area contributed by atoms with Crippen molar-refractivity contribution in [1.82, 2.24) is 5.32 Å². The number of anilines is 1. The van der Waals surface area contributed by atoms with Crippen LogP contribution < -0.4 is 10.2 Å². The summed E-state index contributed by atoms with van der Waals surface area (Å²) in [5, 5.41) is 3.16. The van der Waals surface area contributed by atoms with Crippen molar-refractivity contribution in [2.45, 2.75) is 50.5 Å². The van der Waals surface area contributed by atoms with E-state index in [0.29, 0.717) is 13.0 Å². The molecule has 1 N–H and O–H groups in total. The van der Waals surface area contributed by atoms with Crippen molar-refractivity contribution in [3.63, 3.8) is 0 Å². The molecule has 5 heteroatoms. The maximum Gasteiger partial charge on any atom is 0.322 e. The Hall–Kier alpha value is -2.04. The number of amides is 2. The third kappa shape index (κ3) is 3.49. The van der Waals surface area contributed by atoms with Crippen molar-refractivity contribution in [1.29, 1.82) is 0 Å². The van der Waals surface area contributed by atoms with Gasteiger partial charge < -0.3 is 10.1 Å². The fourth-order valence-electron chi connectivity index (χ4n) is 3.65. The summed E-state index contributed by atoms with van der Waals surface area (Å²) in [6.45, 7) is 0.535. The number of urea groups is 1. The standard InChI is InChI=1S/C18H24N2O3/c1-23-17(21)11-13-12-20(16-10-6-5-9-15(13)16)18(22)19-14-7-3-2-4-8-14/h5-6,9-10,13-14H,2-4,7-8,11-12H2,1H3,(H,19,22). The Labute approximate surface area is 137 Å². The zero-order valence-electron chi connectivity index (χ0n) is 13.6. The molecule has 1 aromatic carbocycles. The van der Waals surface area contributed by atoms with E-state index >= 15 is 0 Å². The molecule has 1 atom stereocenters. The van der Waals surface area contributed by atoms with E-state index < -0.39 is 0 Å². The summed E-state index contributed by atoms with van der Waals surface area (Å²) in [6, 6.07) is 8.07. The molecule has 23 heavy (non-hydrogen) atoms. The Morgan fingerprint density at radius 1 is 1.22 bits per heavy atom. The molecular formula is C18H24N2O3. The highest BCUT2D eigenvalue weighted by atomic mass is 16.5. The molecular weight excluding hydrogens is 292 g/mol. The summed E-state index contributed by atoms with van der Waals surface area (Å²) < 4.78 is 4.79. The highest BCUT2D eigenvalue weighted by Crippen LogP contribution is 2.38. The number of methoxy groups -OCH3 is 1. The van der Waals surface area contributed by atoms with E-state index in [1.54, 1.807) is 4.90 Å². The number of carbonyl (C=O) groups excluding carboxylic acids is 2. The van der Waals surface area contributed by atoms with Crippen LogP contribution in [0.1, 0.15) is 50.0 Å². The summed E-state index contributed by atoms with van der Waals surface area (Å²) in [5.74, 6) is -0.227. The predicted molar refractivity (Wildman–Crippen MR) is 88.6 cm³/mol. The van der Waals surface area contributed by atoms with Crippen LogP contribution in [-0.2, 0) is 9.53 Å². The lowest BCUT2D eigenvalue weighted by Crippen LogP contribution is -2.45. The molecule has 1 unspecified atom stereocenters. The molecule has 1 aromatic rings. The first-order valence-electron chi connectivity index (χ1n) is 8.43. The summed E-state index contributed by atoms with van der Waals surface area (Å²) in [5.41, 5.74) is 1.96. The van der Waals surface area contributed by atoms with Crippen LogP contribution in [0.4, 0.5) is 10.5 Å². The molecule has 1 aliphatic carbocycles. The minimum Gasteiger partial charge on any atom is -0.469 e. The van der Waals surface area contributed by atoms with Gasteiger partial charge in [0.05, 0.1) is 13.5 Å². The van der Waals surface area contributed by atoms with E-state index in [9.17, 15) is 9.59 Å². The van der Waals surface area contributed by atoms with E-state index in [2.05, 4.69) is 5.32 Å². The van der Waals surface area contributed by atoms with Crippen molar-refractivity contribution in [3.8, 4) is 0 Å². The Balaban J connectivity index is 1.72. The van der Waals surface area contributed by atoms with Crippen molar-refractivity contribution in [3.05, 3.63) is 29.8 Å². The first kappa shape index (κ1) is 15.8. The van der Waals surface area contributed by atoms with E-state index in [1.807, 2.05) is 24.3 Å². The number of para-hydroxylation sites is 1. The quantitative estimate of drug-likeness (QED) is 0.871. The number of carbonyl (C=O) groups is 2. The molecule has 5 nitrogen and oxygen atoms in total. The van der Waals surface area contributed by atoms with Gasteiger partial charge in [0.25, 0.3) is 0 Å². The summed E-state index contributed by atoms with van der Waals surface area (Å²) in [7, 11) is 1.40. The van der Waals surface area contributed by atoms with E-state index in [1.165, 1.54) is 26.4 Å². The number of esters is 1. The minimum absolute atomic E-state index is 0.00996. The second-order valence-corrected chi connectivity index (χ2v) is 6.43. The first-order chi connectivity index (χ1) is 11.2. The van der Waals surface area contributed by atoms with Crippen LogP contribution >= 0.6 is 0 Å². The maximum absolute atomic E-state index is 12.7. The van der Waals surface area contributed by atoms with Gasteiger partial charge in [-0.15, -0.1) is 0 Å². The number of hydrogen-bond acceptors (Lipinski definition) is 3.